The predicted molar refractivity (Wildman–Crippen MR) is 297 cm³/mol. The number of carbonyl (C=O) groups is 3. The van der Waals surface area contributed by atoms with Crippen LogP contribution in [0.25, 0.3) is 0 Å². The fraction of sp³-hybridized carbons (Fsp3) is 0.698. The van der Waals surface area contributed by atoms with Crippen LogP contribution in [-0.2, 0) is 28.6 Å². The van der Waals surface area contributed by atoms with E-state index in [0.29, 0.717) is 19.3 Å². The van der Waals surface area contributed by atoms with Crippen molar-refractivity contribution >= 4 is 17.9 Å². The summed E-state index contributed by atoms with van der Waals surface area (Å²) in [5.41, 5.74) is 0. The molecule has 0 saturated carbocycles. The van der Waals surface area contributed by atoms with Crippen molar-refractivity contribution in [2.45, 2.75) is 271 Å². The standard InChI is InChI=1S/C63H106O6/c1-4-7-10-13-16-19-22-25-28-31-33-35-38-41-44-47-50-53-56-62(65)68-59-60(58-67-61(64)55-52-49-46-43-40-37-34-30-27-24-21-18-15-12-9-6-3)69-63(66)57-54-51-48-45-42-39-36-32-29-26-23-20-17-14-11-8-5-2/h8,11,14,17,20,23,26,28-29,31-33,35-36,39,42,60H,4-7,9-10,12-13,15-16,18-19,21-22,24-25,27,30,34,37-38,40-41,43-59H2,1-3H3/b11-8-,17-14-,23-20-,29-26-,31-28-,35-33-,36-32+,42-39-. The molecule has 0 aromatic heterocycles. The van der Waals surface area contributed by atoms with Gasteiger partial charge in [0.2, 0.25) is 0 Å². The Morgan fingerprint density at radius 1 is 0.304 bits per heavy atom. The van der Waals surface area contributed by atoms with E-state index < -0.39 is 6.10 Å². The summed E-state index contributed by atoms with van der Waals surface area (Å²) in [5, 5.41) is 0. The van der Waals surface area contributed by atoms with Crippen molar-refractivity contribution in [3.05, 3.63) is 97.2 Å². The van der Waals surface area contributed by atoms with Crippen molar-refractivity contribution in [2.24, 2.45) is 0 Å². The molecule has 6 nitrogen and oxygen atoms in total. The van der Waals surface area contributed by atoms with E-state index >= 15 is 0 Å². The van der Waals surface area contributed by atoms with Crippen molar-refractivity contribution in [2.75, 3.05) is 13.2 Å². The van der Waals surface area contributed by atoms with E-state index in [-0.39, 0.29) is 37.5 Å². The minimum absolute atomic E-state index is 0.0996. The molecule has 0 radical (unpaired) electrons. The van der Waals surface area contributed by atoms with Crippen LogP contribution in [0.1, 0.15) is 265 Å². The molecule has 0 saturated heterocycles. The second-order valence-electron chi connectivity index (χ2n) is 19.0. The molecule has 394 valence electrons. The maximum atomic E-state index is 12.8. The Balaban J connectivity index is 4.49. The van der Waals surface area contributed by atoms with Gasteiger partial charge in [0, 0.05) is 19.3 Å². The minimum Gasteiger partial charge on any atom is -0.462 e. The summed E-state index contributed by atoms with van der Waals surface area (Å²) in [7, 11) is 0. The Labute approximate surface area is 426 Å². The average molecular weight is 960 g/mol. The molecule has 69 heavy (non-hydrogen) atoms. The van der Waals surface area contributed by atoms with Crippen LogP contribution in [0.2, 0.25) is 0 Å². The topological polar surface area (TPSA) is 78.9 Å². The lowest BCUT2D eigenvalue weighted by molar-refractivity contribution is -0.167. The van der Waals surface area contributed by atoms with Gasteiger partial charge in [0.1, 0.15) is 13.2 Å². The average Bonchev–Trinajstić information content (AvgIpc) is 3.35. The molecule has 0 rings (SSSR count). The summed E-state index contributed by atoms with van der Waals surface area (Å²) in [6.07, 6.45) is 75.3. The lowest BCUT2D eigenvalue weighted by Crippen LogP contribution is -2.30. The molecule has 0 aromatic carbocycles. The van der Waals surface area contributed by atoms with Gasteiger partial charge in [-0.3, -0.25) is 14.4 Å². The number of esters is 3. The number of carbonyl (C=O) groups excluding carboxylic acids is 3. The molecule has 0 bridgehead atoms. The van der Waals surface area contributed by atoms with Crippen LogP contribution < -0.4 is 0 Å². The van der Waals surface area contributed by atoms with E-state index in [1.165, 1.54) is 135 Å². The van der Waals surface area contributed by atoms with Crippen LogP contribution in [0.3, 0.4) is 0 Å². The fourth-order valence-corrected chi connectivity index (χ4v) is 7.94. The SMILES string of the molecule is CC\C=C/C=C\C=C/C=C\C=C\C=C/CCCCCC(=O)OC(COC(=O)CCCCCCC/C=C\C=C/CCCCCCCCC)COC(=O)CCCCCCCCCCCCCCCCCC. The third kappa shape index (κ3) is 55.1. The van der Waals surface area contributed by atoms with Gasteiger partial charge in [-0.25, -0.2) is 0 Å². The Kier molecular flexibility index (Phi) is 53.9. The normalized spacial score (nSPS) is 12.8. The summed E-state index contributed by atoms with van der Waals surface area (Å²) in [5.74, 6) is -0.954. The number of hydrogen-bond donors (Lipinski definition) is 0. The molecule has 6 heteroatoms. The highest BCUT2D eigenvalue weighted by atomic mass is 16.6. The lowest BCUT2D eigenvalue weighted by Gasteiger charge is -2.18. The van der Waals surface area contributed by atoms with Gasteiger partial charge in [0.25, 0.3) is 0 Å². The number of allylic oxidation sites excluding steroid dienone is 16. The molecule has 0 aliphatic rings. The van der Waals surface area contributed by atoms with Crippen molar-refractivity contribution in [3.8, 4) is 0 Å². The van der Waals surface area contributed by atoms with Crippen molar-refractivity contribution in [1.82, 2.24) is 0 Å². The van der Waals surface area contributed by atoms with Crippen LogP contribution in [0.5, 0.6) is 0 Å². The summed E-state index contributed by atoms with van der Waals surface area (Å²) in [6.45, 7) is 6.46. The van der Waals surface area contributed by atoms with Gasteiger partial charge in [-0.1, -0.05) is 279 Å². The molecule has 0 amide bonds. The summed E-state index contributed by atoms with van der Waals surface area (Å²) in [6, 6.07) is 0. The van der Waals surface area contributed by atoms with Gasteiger partial charge < -0.3 is 14.2 Å². The highest BCUT2D eigenvalue weighted by Gasteiger charge is 2.19. The third-order valence-corrected chi connectivity index (χ3v) is 12.3. The number of unbranched alkanes of at least 4 members (excludes halogenated alkanes) is 30. The quantitative estimate of drug-likeness (QED) is 0.0262. The molecular formula is C63H106O6. The maximum Gasteiger partial charge on any atom is 0.306 e. The fourth-order valence-electron chi connectivity index (χ4n) is 7.94. The van der Waals surface area contributed by atoms with E-state index in [1.807, 2.05) is 60.8 Å². The van der Waals surface area contributed by atoms with Gasteiger partial charge in [0.15, 0.2) is 6.10 Å². The van der Waals surface area contributed by atoms with Gasteiger partial charge in [-0.05, 0) is 64.2 Å². The smallest absolute Gasteiger partial charge is 0.306 e. The Bertz CT molecular complexity index is 1380. The highest BCUT2D eigenvalue weighted by molar-refractivity contribution is 5.71. The zero-order chi connectivity index (χ0) is 50.0. The third-order valence-electron chi connectivity index (χ3n) is 12.3. The molecule has 0 aromatic rings. The van der Waals surface area contributed by atoms with Crippen molar-refractivity contribution in [3.63, 3.8) is 0 Å². The molecule has 0 fully saturated rings. The van der Waals surface area contributed by atoms with E-state index in [4.69, 9.17) is 14.2 Å². The Morgan fingerprint density at radius 3 is 0.913 bits per heavy atom. The van der Waals surface area contributed by atoms with Crippen molar-refractivity contribution in [1.29, 1.82) is 0 Å². The monoisotopic (exact) mass is 959 g/mol. The van der Waals surface area contributed by atoms with Crippen LogP contribution in [0.15, 0.2) is 97.2 Å². The Morgan fingerprint density at radius 2 is 0.565 bits per heavy atom. The van der Waals surface area contributed by atoms with E-state index in [2.05, 4.69) is 57.2 Å². The molecular weight excluding hydrogens is 853 g/mol. The first-order chi connectivity index (χ1) is 34.0. The largest absolute Gasteiger partial charge is 0.462 e. The van der Waals surface area contributed by atoms with Gasteiger partial charge in [-0.2, -0.15) is 0 Å². The first-order valence-electron chi connectivity index (χ1n) is 28.8. The number of hydrogen-bond acceptors (Lipinski definition) is 6. The summed E-state index contributed by atoms with van der Waals surface area (Å²) >= 11 is 0. The van der Waals surface area contributed by atoms with Crippen LogP contribution >= 0.6 is 0 Å². The molecule has 0 N–H and O–H groups in total. The van der Waals surface area contributed by atoms with Crippen LogP contribution in [0, 0.1) is 0 Å². The maximum absolute atomic E-state index is 12.8. The van der Waals surface area contributed by atoms with Crippen LogP contribution in [0.4, 0.5) is 0 Å². The van der Waals surface area contributed by atoms with Crippen molar-refractivity contribution < 1.29 is 28.6 Å². The minimum atomic E-state index is -0.807. The second-order valence-corrected chi connectivity index (χ2v) is 19.0. The molecule has 0 spiro atoms. The van der Waals surface area contributed by atoms with E-state index in [9.17, 15) is 14.4 Å². The predicted octanol–water partition coefficient (Wildman–Crippen LogP) is 19.3. The zero-order valence-electron chi connectivity index (χ0n) is 45.0. The molecule has 1 unspecified atom stereocenters. The first-order valence-corrected chi connectivity index (χ1v) is 28.8. The number of ether oxygens (including phenoxy) is 3. The zero-order valence-corrected chi connectivity index (χ0v) is 45.0. The van der Waals surface area contributed by atoms with Crippen LogP contribution in [-0.4, -0.2) is 37.2 Å². The Hall–Kier alpha value is -3.67. The molecule has 0 aliphatic carbocycles. The lowest BCUT2D eigenvalue weighted by atomic mass is 10.0. The van der Waals surface area contributed by atoms with Gasteiger partial charge in [-0.15, -0.1) is 0 Å². The molecule has 0 heterocycles. The van der Waals surface area contributed by atoms with Gasteiger partial charge in [0.05, 0.1) is 0 Å². The highest BCUT2D eigenvalue weighted by Crippen LogP contribution is 2.16. The number of rotatable bonds is 51. The molecule has 0 aliphatic heterocycles. The van der Waals surface area contributed by atoms with Gasteiger partial charge >= 0.3 is 17.9 Å². The molecule has 1 atom stereocenters. The summed E-state index contributed by atoms with van der Waals surface area (Å²) in [4.78, 5) is 38.2. The summed E-state index contributed by atoms with van der Waals surface area (Å²) < 4.78 is 16.8. The van der Waals surface area contributed by atoms with E-state index in [0.717, 1.165) is 83.5 Å². The van der Waals surface area contributed by atoms with E-state index in [1.54, 1.807) is 0 Å². The first kappa shape index (κ1) is 65.3. The second kappa shape index (κ2) is 56.9.